The van der Waals surface area contributed by atoms with Crippen molar-refractivity contribution in [1.82, 2.24) is 19.7 Å². The third-order valence-electron chi connectivity index (χ3n) is 3.19. The van der Waals surface area contributed by atoms with E-state index in [1.807, 2.05) is 0 Å². The van der Waals surface area contributed by atoms with E-state index in [1.54, 1.807) is 4.72 Å². The van der Waals surface area contributed by atoms with E-state index in [0.29, 0.717) is 0 Å². The molecule has 0 aromatic carbocycles. The first-order valence-corrected chi connectivity index (χ1v) is 10.9. The van der Waals surface area contributed by atoms with Gasteiger partial charge >= 0.3 is 6.03 Å². The summed E-state index contributed by atoms with van der Waals surface area (Å²) in [6.07, 6.45) is 2.49. The summed E-state index contributed by atoms with van der Waals surface area (Å²) in [6.45, 7) is 0. The molecule has 0 bridgehead atoms. The number of anilines is 1. The second-order valence-corrected chi connectivity index (χ2v) is 9.11. The van der Waals surface area contributed by atoms with E-state index in [2.05, 4.69) is 20.3 Å². The van der Waals surface area contributed by atoms with Crippen LogP contribution < -0.4 is 19.5 Å². The number of nitrogens with one attached hydrogen (secondary N) is 2. The molecule has 0 aliphatic rings. The van der Waals surface area contributed by atoms with Gasteiger partial charge in [-0.1, -0.05) is 0 Å². The summed E-state index contributed by atoms with van der Waals surface area (Å²) in [5.74, 6) is -1.68. The SMILES string of the molecule is COc1cc(OC)nc(NC(=O)NS(=O)(=O)CCS(=O)(=O)c2cccnc2)n1. The molecular weight excluding hydrogens is 414 g/mol. The Hall–Kier alpha value is -3.00. The predicted molar refractivity (Wildman–Crippen MR) is 97.4 cm³/mol. The van der Waals surface area contributed by atoms with E-state index in [1.165, 1.54) is 38.6 Å². The lowest BCUT2D eigenvalue weighted by molar-refractivity contribution is 0.256. The van der Waals surface area contributed by atoms with Gasteiger partial charge in [-0.2, -0.15) is 9.97 Å². The number of nitrogens with zero attached hydrogens (tertiary/aromatic N) is 3. The molecule has 2 aromatic heterocycles. The van der Waals surface area contributed by atoms with Crippen molar-refractivity contribution >= 4 is 31.8 Å². The number of sulfonamides is 1. The maximum absolute atomic E-state index is 12.1. The van der Waals surface area contributed by atoms with Crippen LogP contribution >= 0.6 is 0 Å². The summed E-state index contributed by atoms with van der Waals surface area (Å²) in [7, 11) is -5.47. The van der Waals surface area contributed by atoms with E-state index >= 15 is 0 Å². The van der Waals surface area contributed by atoms with Crippen LogP contribution in [0.15, 0.2) is 35.5 Å². The van der Waals surface area contributed by atoms with Gasteiger partial charge in [0.25, 0.3) is 0 Å². The van der Waals surface area contributed by atoms with Gasteiger partial charge in [-0.15, -0.1) is 0 Å². The minimum Gasteiger partial charge on any atom is -0.481 e. The molecule has 2 amide bonds. The first-order valence-electron chi connectivity index (χ1n) is 7.56. The summed E-state index contributed by atoms with van der Waals surface area (Å²) in [4.78, 5) is 23.1. The fourth-order valence-electron chi connectivity index (χ4n) is 1.86. The van der Waals surface area contributed by atoms with Crippen molar-refractivity contribution in [2.45, 2.75) is 4.90 Å². The number of methoxy groups -OCH3 is 2. The predicted octanol–water partition coefficient (Wildman–Crippen LogP) is -0.186. The number of ether oxygens (including phenoxy) is 2. The summed E-state index contributed by atoms with van der Waals surface area (Å²) >= 11 is 0. The molecule has 2 rings (SSSR count). The number of aromatic nitrogens is 3. The van der Waals surface area contributed by atoms with Crippen molar-refractivity contribution in [1.29, 1.82) is 0 Å². The fourth-order valence-corrected chi connectivity index (χ4v) is 4.79. The van der Waals surface area contributed by atoms with Crippen molar-refractivity contribution in [3.63, 3.8) is 0 Å². The molecule has 28 heavy (non-hydrogen) atoms. The normalized spacial score (nSPS) is 11.5. The van der Waals surface area contributed by atoms with Gasteiger partial charge < -0.3 is 9.47 Å². The van der Waals surface area contributed by atoms with E-state index in [0.717, 1.165) is 6.20 Å². The second-order valence-electron chi connectivity index (χ2n) is 5.16. The van der Waals surface area contributed by atoms with Gasteiger partial charge in [0.1, 0.15) is 0 Å². The van der Waals surface area contributed by atoms with Gasteiger partial charge in [0.2, 0.25) is 27.7 Å². The highest BCUT2D eigenvalue weighted by Gasteiger charge is 2.22. The lowest BCUT2D eigenvalue weighted by Gasteiger charge is -2.09. The minimum atomic E-state index is -4.25. The van der Waals surface area contributed by atoms with Crippen LogP contribution in [0.1, 0.15) is 0 Å². The third kappa shape index (κ3) is 6.02. The molecule has 0 radical (unpaired) electrons. The number of hydrogen-bond donors (Lipinski definition) is 2. The molecule has 0 unspecified atom stereocenters. The molecule has 0 fully saturated rings. The molecule has 0 saturated carbocycles. The molecule has 2 heterocycles. The van der Waals surface area contributed by atoms with Gasteiger partial charge in [-0.25, -0.2) is 26.4 Å². The standard InChI is InChI=1S/C14H17N5O7S2/c1-25-11-8-12(26-2)17-13(16-11)18-14(20)19-28(23,24)7-6-27(21,22)10-4-3-5-15-9-10/h3-5,8-9H,6-7H2,1-2H3,(H2,16,17,18,19,20). The molecule has 12 nitrogen and oxygen atoms in total. The van der Waals surface area contributed by atoms with Crippen LogP contribution in [-0.2, 0) is 19.9 Å². The van der Waals surface area contributed by atoms with Gasteiger partial charge in [0, 0.05) is 12.4 Å². The molecule has 0 spiro atoms. The largest absolute Gasteiger partial charge is 0.481 e. The van der Waals surface area contributed by atoms with Crippen LogP contribution in [0, 0.1) is 0 Å². The molecule has 152 valence electrons. The molecule has 2 N–H and O–H groups in total. The Bertz CT molecular complexity index is 1020. The van der Waals surface area contributed by atoms with Crippen LogP contribution in [0.25, 0.3) is 0 Å². The number of carbonyl (C=O) groups excluding carboxylic acids is 1. The van der Waals surface area contributed by atoms with Crippen molar-refractivity contribution in [3.05, 3.63) is 30.6 Å². The van der Waals surface area contributed by atoms with Crippen LogP contribution in [0.4, 0.5) is 10.7 Å². The number of carbonyl (C=O) groups is 1. The molecule has 0 atom stereocenters. The zero-order valence-electron chi connectivity index (χ0n) is 14.8. The van der Waals surface area contributed by atoms with Crippen LogP contribution in [0.3, 0.4) is 0 Å². The van der Waals surface area contributed by atoms with Gasteiger partial charge in [0.05, 0.1) is 36.7 Å². The van der Waals surface area contributed by atoms with E-state index < -0.39 is 37.4 Å². The molecule has 0 aliphatic heterocycles. The zero-order chi connectivity index (χ0) is 20.8. The first kappa shape index (κ1) is 21.3. The maximum Gasteiger partial charge on any atom is 0.335 e. The number of urea groups is 1. The Labute approximate surface area is 161 Å². The van der Waals surface area contributed by atoms with Gasteiger partial charge in [-0.3, -0.25) is 10.3 Å². The molecule has 2 aromatic rings. The minimum absolute atomic E-state index is 0.0765. The molecular formula is C14H17N5O7S2. The maximum atomic E-state index is 12.1. The highest BCUT2D eigenvalue weighted by Crippen LogP contribution is 2.17. The zero-order valence-corrected chi connectivity index (χ0v) is 16.4. The van der Waals surface area contributed by atoms with Crippen molar-refractivity contribution in [2.24, 2.45) is 0 Å². The average Bonchev–Trinajstić information content (AvgIpc) is 2.66. The number of pyridine rings is 1. The second kappa shape index (κ2) is 8.79. The van der Waals surface area contributed by atoms with Gasteiger partial charge in [0.15, 0.2) is 9.84 Å². The Kier molecular flexibility index (Phi) is 6.69. The third-order valence-corrected chi connectivity index (χ3v) is 6.38. The highest BCUT2D eigenvalue weighted by atomic mass is 32.2. The number of sulfone groups is 1. The molecule has 0 saturated heterocycles. The average molecular weight is 431 g/mol. The molecule has 14 heteroatoms. The number of amides is 2. The Morgan fingerprint density at radius 2 is 1.71 bits per heavy atom. The molecule has 0 aliphatic carbocycles. The van der Waals surface area contributed by atoms with E-state index in [-0.39, 0.29) is 22.6 Å². The quantitative estimate of drug-likeness (QED) is 0.572. The smallest absolute Gasteiger partial charge is 0.335 e. The van der Waals surface area contributed by atoms with Crippen LogP contribution in [0.2, 0.25) is 0 Å². The van der Waals surface area contributed by atoms with Crippen LogP contribution in [0.5, 0.6) is 11.8 Å². The number of rotatable bonds is 8. The first-order chi connectivity index (χ1) is 13.1. The summed E-state index contributed by atoms with van der Waals surface area (Å²) in [5.41, 5.74) is 0. The van der Waals surface area contributed by atoms with Gasteiger partial charge in [-0.05, 0) is 12.1 Å². The monoisotopic (exact) mass is 431 g/mol. The topological polar surface area (TPSA) is 167 Å². The summed E-state index contributed by atoms with van der Waals surface area (Å²) in [6, 6.07) is 2.88. The van der Waals surface area contributed by atoms with Crippen molar-refractivity contribution in [3.8, 4) is 11.8 Å². The lowest BCUT2D eigenvalue weighted by atomic mass is 10.5. The lowest BCUT2D eigenvalue weighted by Crippen LogP contribution is -2.37. The van der Waals surface area contributed by atoms with Crippen LogP contribution in [-0.4, -0.2) is 63.5 Å². The van der Waals surface area contributed by atoms with E-state index in [9.17, 15) is 21.6 Å². The summed E-state index contributed by atoms with van der Waals surface area (Å²) in [5, 5.41) is 2.11. The fraction of sp³-hybridized carbons (Fsp3) is 0.286. The Morgan fingerprint density at radius 1 is 1.07 bits per heavy atom. The Morgan fingerprint density at radius 3 is 2.25 bits per heavy atom. The van der Waals surface area contributed by atoms with Crippen molar-refractivity contribution < 1.29 is 31.1 Å². The number of hydrogen-bond acceptors (Lipinski definition) is 10. The Balaban J connectivity index is 2.01. The summed E-state index contributed by atoms with van der Waals surface area (Å²) < 4.78 is 59.8. The highest BCUT2D eigenvalue weighted by molar-refractivity contribution is 7.94. The van der Waals surface area contributed by atoms with Crippen molar-refractivity contribution in [2.75, 3.05) is 31.0 Å². The van der Waals surface area contributed by atoms with E-state index in [4.69, 9.17) is 9.47 Å².